The van der Waals surface area contributed by atoms with E-state index >= 15 is 0 Å². The number of amides is 1. The summed E-state index contributed by atoms with van der Waals surface area (Å²) in [6.45, 7) is 7.83. The van der Waals surface area contributed by atoms with Crippen LogP contribution in [0.5, 0.6) is 0 Å². The first kappa shape index (κ1) is 23.1. The maximum absolute atomic E-state index is 12.9. The van der Waals surface area contributed by atoms with Gasteiger partial charge in [-0.2, -0.15) is 10.2 Å². The molecular weight excluding hydrogens is 458 g/mol. The molecule has 0 spiro atoms. The van der Waals surface area contributed by atoms with Crippen LogP contribution in [0.25, 0.3) is 0 Å². The van der Waals surface area contributed by atoms with Crippen molar-refractivity contribution in [1.29, 1.82) is 5.26 Å². The monoisotopic (exact) mass is 485 g/mol. The Hall–Kier alpha value is -2.54. The molecule has 1 saturated heterocycles. The van der Waals surface area contributed by atoms with Crippen LogP contribution >= 0.6 is 15.9 Å². The highest BCUT2D eigenvalue weighted by molar-refractivity contribution is 9.10. The van der Waals surface area contributed by atoms with Crippen LogP contribution in [0.15, 0.2) is 34.9 Å². The zero-order valence-electron chi connectivity index (χ0n) is 18.0. The Morgan fingerprint density at radius 2 is 1.97 bits per heavy atom. The summed E-state index contributed by atoms with van der Waals surface area (Å²) in [5.74, 6) is 0.313. The van der Waals surface area contributed by atoms with Crippen molar-refractivity contribution in [2.24, 2.45) is 0 Å². The van der Waals surface area contributed by atoms with Gasteiger partial charge >= 0.3 is 0 Å². The van der Waals surface area contributed by atoms with Gasteiger partial charge in [0.2, 0.25) is 5.82 Å². The molecule has 164 valence electrons. The van der Waals surface area contributed by atoms with Crippen LogP contribution in [0.1, 0.15) is 41.5 Å². The molecule has 1 amide bonds. The molecule has 9 heteroatoms. The van der Waals surface area contributed by atoms with Crippen molar-refractivity contribution in [3.8, 4) is 6.07 Å². The second-order valence-electron chi connectivity index (χ2n) is 7.70. The fourth-order valence-corrected chi connectivity index (χ4v) is 3.75. The van der Waals surface area contributed by atoms with Crippen LogP contribution in [-0.2, 0) is 6.54 Å². The van der Waals surface area contributed by atoms with Gasteiger partial charge in [0, 0.05) is 51.0 Å². The van der Waals surface area contributed by atoms with Gasteiger partial charge in [-0.25, -0.2) is 4.98 Å². The van der Waals surface area contributed by atoms with Crippen LogP contribution in [0.4, 0.5) is 5.82 Å². The Morgan fingerprint density at radius 3 is 2.61 bits per heavy atom. The summed E-state index contributed by atoms with van der Waals surface area (Å²) >= 11 is 3.42. The fourth-order valence-electron chi connectivity index (χ4n) is 3.35. The standard InChI is InChI=1S/C22H28BrN7O/c1-3-4-9-30(21-19(23)15-25-20(14-24)26-21)27-22(31)18-7-5-17(6-8-18)16-29-12-10-28(2)11-13-29/h5-8,15H,3-4,9-13,16H2,1-2H3,(H,27,31). The first-order chi connectivity index (χ1) is 15.0. The van der Waals surface area contributed by atoms with Crippen molar-refractivity contribution in [3.05, 3.63) is 51.9 Å². The lowest BCUT2D eigenvalue weighted by molar-refractivity contribution is 0.0948. The van der Waals surface area contributed by atoms with Crippen LogP contribution in [0.2, 0.25) is 0 Å². The topological polar surface area (TPSA) is 88.4 Å². The number of carbonyl (C=O) groups excluding carboxylic acids is 1. The van der Waals surface area contributed by atoms with E-state index in [1.54, 1.807) is 5.01 Å². The molecule has 1 aliphatic rings. The number of benzene rings is 1. The number of nitrogens with zero attached hydrogens (tertiary/aromatic N) is 6. The van der Waals surface area contributed by atoms with Gasteiger partial charge in [-0.1, -0.05) is 25.5 Å². The van der Waals surface area contributed by atoms with Crippen molar-refractivity contribution < 1.29 is 4.79 Å². The maximum Gasteiger partial charge on any atom is 0.269 e. The molecule has 8 nitrogen and oxygen atoms in total. The number of rotatable bonds is 8. The fraction of sp³-hybridized carbons (Fsp3) is 0.455. The number of hydrogen-bond donors (Lipinski definition) is 1. The molecule has 0 aliphatic carbocycles. The van der Waals surface area contributed by atoms with Gasteiger partial charge in [0.25, 0.3) is 5.91 Å². The molecule has 1 fully saturated rings. The number of piperazine rings is 1. The summed E-state index contributed by atoms with van der Waals surface area (Å²) in [5.41, 5.74) is 4.70. The first-order valence-electron chi connectivity index (χ1n) is 10.5. The second-order valence-corrected chi connectivity index (χ2v) is 8.55. The number of hydrogen-bond acceptors (Lipinski definition) is 7. The molecule has 0 bridgehead atoms. The predicted octanol–water partition coefficient (Wildman–Crippen LogP) is 2.81. The highest BCUT2D eigenvalue weighted by atomic mass is 79.9. The molecule has 1 N–H and O–H groups in total. The van der Waals surface area contributed by atoms with E-state index in [9.17, 15) is 4.79 Å². The smallest absolute Gasteiger partial charge is 0.269 e. The number of anilines is 1. The van der Waals surface area contributed by atoms with Crippen LogP contribution in [0, 0.1) is 11.3 Å². The lowest BCUT2D eigenvalue weighted by atomic mass is 10.1. The molecule has 0 radical (unpaired) electrons. The minimum Gasteiger partial charge on any atom is -0.304 e. The quantitative estimate of drug-likeness (QED) is 0.574. The molecule has 1 aromatic carbocycles. The molecular formula is C22H28BrN7O. The van der Waals surface area contributed by atoms with Crippen molar-refractivity contribution in [3.63, 3.8) is 0 Å². The number of hydrazine groups is 1. The zero-order chi connectivity index (χ0) is 22.2. The van der Waals surface area contributed by atoms with Crippen LogP contribution < -0.4 is 10.4 Å². The molecule has 0 unspecified atom stereocenters. The summed E-state index contributed by atoms with van der Waals surface area (Å²) in [7, 11) is 2.15. The lowest BCUT2D eigenvalue weighted by Gasteiger charge is -2.32. The van der Waals surface area contributed by atoms with Crippen LogP contribution in [0.3, 0.4) is 0 Å². The molecule has 0 atom stereocenters. The molecule has 3 rings (SSSR count). The SMILES string of the molecule is CCCCN(NC(=O)c1ccc(CN2CCN(C)CC2)cc1)c1nc(C#N)ncc1Br. The highest BCUT2D eigenvalue weighted by Crippen LogP contribution is 2.22. The Labute approximate surface area is 192 Å². The number of aromatic nitrogens is 2. The third-order valence-electron chi connectivity index (χ3n) is 5.27. The number of unbranched alkanes of at least 4 members (excludes halogenated alkanes) is 1. The molecule has 0 saturated carbocycles. The average molecular weight is 486 g/mol. The van der Waals surface area contributed by atoms with Crippen molar-refractivity contribution in [1.82, 2.24) is 25.2 Å². The van der Waals surface area contributed by atoms with E-state index in [1.165, 1.54) is 11.8 Å². The van der Waals surface area contributed by atoms with E-state index in [-0.39, 0.29) is 11.7 Å². The van der Waals surface area contributed by atoms with Gasteiger partial charge in [0.1, 0.15) is 6.07 Å². The van der Waals surface area contributed by atoms with Gasteiger partial charge < -0.3 is 4.90 Å². The van der Waals surface area contributed by atoms with Gasteiger partial charge in [0.05, 0.1) is 4.47 Å². The van der Waals surface area contributed by atoms with E-state index in [0.717, 1.165) is 45.6 Å². The Balaban J connectivity index is 1.68. The van der Waals surface area contributed by atoms with E-state index in [2.05, 4.69) is 55.1 Å². The largest absolute Gasteiger partial charge is 0.304 e. The van der Waals surface area contributed by atoms with Crippen molar-refractivity contribution >= 4 is 27.7 Å². The van der Waals surface area contributed by atoms with Gasteiger partial charge in [-0.3, -0.25) is 20.1 Å². The average Bonchev–Trinajstić information content (AvgIpc) is 2.79. The molecule has 31 heavy (non-hydrogen) atoms. The minimum absolute atomic E-state index is 0.0576. The lowest BCUT2D eigenvalue weighted by Crippen LogP contribution is -2.44. The summed E-state index contributed by atoms with van der Waals surface area (Å²) < 4.78 is 0.616. The number of halogens is 1. The van der Waals surface area contributed by atoms with Gasteiger partial charge in [0.15, 0.2) is 5.82 Å². The normalized spacial score (nSPS) is 14.8. The minimum atomic E-state index is -0.216. The van der Waals surface area contributed by atoms with E-state index < -0.39 is 0 Å². The van der Waals surface area contributed by atoms with E-state index in [4.69, 9.17) is 5.26 Å². The number of likely N-dealkylation sites (N-methyl/N-ethyl adjacent to an activating group) is 1. The number of nitrogens with one attached hydrogen (secondary N) is 1. The molecule has 1 aromatic heterocycles. The summed E-state index contributed by atoms with van der Waals surface area (Å²) in [5, 5.41) is 10.8. The van der Waals surface area contributed by atoms with Crippen molar-refractivity contribution in [2.45, 2.75) is 26.3 Å². The molecule has 2 heterocycles. The highest BCUT2D eigenvalue weighted by Gasteiger charge is 2.18. The first-order valence-corrected chi connectivity index (χ1v) is 11.3. The summed E-state index contributed by atoms with van der Waals surface area (Å²) in [6, 6.07) is 9.68. The summed E-state index contributed by atoms with van der Waals surface area (Å²) in [6.07, 6.45) is 3.35. The second kappa shape index (κ2) is 11.2. The zero-order valence-corrected chi connectivity index (χ0v) is 19.6. The van der Waals surface area contributed by atoms with Gasteiger partial charge in [-0.05, 0) is 47.1 Å². The third kappa shape index (κ3) is 6.47. The van der Waals surface area contributed by atoms with Crippen LogP contribution in [-0.4, -0.2) is 65.4 Å². The van der Waals surface area contributed by atoms with E-state index in [0.29, 0.717) is 22.4 Å². The molecule has 1 aliphatic heterocycles. The Kier molecular flexibility index (Phi) is 8.35. The summed E-state index contributed by atoms with van der Waals surface area (Å²) in [4.78, 5) is 25.9. The number of carbonyl (C=O) groups is 1. The molecule has 2 aromatic rings. The van der Waals surface area contributed by atoms with E-state index in [1.807, 2.05) is 30.3 Å². The van der Waals surface area contributed by atoms with Crippen molar-refractivity contribution in [2.75, 3.05) is 44.8 Å². The third-order valence-corrected chi connectivity index (χ3v) is 5.83. The van der Waals surface area contributed by atoms with Gasteiger partial charge in [-0.15, -0.1) is 0 Å². The Bertz CT molecular complexity index is 920. The maximum atomic E-state index is 12.9. The number of nitriles is 1. The Morgan fingerprint density at radius 1 is 1.26 bits per heavy atom. The predicted molar refractivity (Wildman–Crippen MR) is 123 cm³/mol.